The van der Waals surface area contributed by atoms with E-state index >= 15 is 0 Å². The normalized spacial score (nSPS) is 14.8. The van der Waals surface area contributed by atoms with Gasteiger partial charge in [-0.05, 0) is 54.3 Å². The molecule has 154 valence electrons. The van der Waals surface area contributed by atoms with E-state index in [0.717, 1.165) is 29.7 Å². The number of nitrogens with two attached hydrogens (primary N) is 1. The molecule has 6 nitrogen and oxygen atoms in total. The highest BCUT2D eigenvalue weighted by Gasteiger charge is 2.25. The number of carbonyl (C=O) groups excluding carboxylic acids is 1. The number of benzene rings is 2. The number of aryl methyl sites for hydroxylation is 1. The number of esters is 1. The minimum absolute atomic E-state index is 0.139. The van der Waals surface area contributed by atoms with E-state index in [4.69, 9.17) is 36.9 Å². The number of ether oxygens (including phenoxy) is 4. The van der Waals surface area contributed by atoms with Gasteiger partial charge in [0.05, 0.1) is 20.3 Å². The minimum Gasteiger partial charge on any atom is -0.493 e. The van der Waals surface area contributed by atoms with Crippen molar-refractivity contribution in [3.8, 4) is 17.2 Å². The summed E-state index contributed by atoms with van der Waals surface area (Å²) in [5.74, 6) is 1.80. The molecule has 0 fully saturated rings. The quantitative estimate of drug-likeness (QED) is 0.380. The van der Waals surface area contributed by atoms with Crippen LogP contribution in [0.4, 0.5) is 0 Å². The third-order valence-corrected chi connectivity index (χ3v) is 4.94. The van der Waals surface area contributed by atoms with Gasteiger partial charge in [0.1, 0.15) is 16.8 Å². The van der Waals surface area contributed by atoms with Crippen LogP contribution in [0.15, 0.2) is 36.4 Å². The smallest absolute Gasteiger partial charge is 0.303 e. The molecule has 1 aliphatic carbocycles. The summed E-state index contributed by atoms with van der Waals surface area (Å²) in [4.78, 5) is 11.5. The molecule has 0 heterocycles. The van der Waals surface area contributed by atoms with Crippen LogP contribution in [0.3, 0.4) is 0 Å². The Kier molecular flexibility index (Phi) is 6.93. The van der Waals surface area contributed by atoms with Crippen molar-refractivity contribution >= 4 is 23.2 Å². The maximum atomic E-state index is 11.2. The van der Waals surface area contributed by atoms with Crippen molar-refractivity contribution in [2.24, 2.45) is 5.73 Å². The molecule has 0 aliphatic heterocycles. The predicted molar refractivity (Wildman–Crippen MR) is 114 cm³/mol. The van der Waals surface area contributed by atoms with E-state index in [-0.39, 0.29) is 12.1 Å². The first kappa shape index (κ1) is 20.9. The molecule has 2 N–H and O–H groups in total. The fraction of sp³-hybridized carbons (Fsp3) is 0.364. The summed E-state index contributed by atoms with van der Waals surface area (Å²) in [6, 6.07) is 11.3. The molecule has 2 aromatic carbocycles. The van der Waals surface area contributed by atoms with Gasteiger partial charge in [-0.3, -0.25) is 4.79 Å². The number of fused-ring (bicyclic) bond motifs is 1. The van der Waals surface area contributed by atoms with Gasteiger partial charge in [-0.25, -0.2) is 0 Å². The molecule has 0 saturated heterocycles. The van der Waals surface area contributed by atoms with Crippen molar-refractivity contribution in [1.29, 1.82) is 0 Å². The average Bonchev–Trinajstić information content (AvgIpc) is 3.09. The molecule has 1 aliphatic rings. The van der Waals surface area contributed by atoms with Crippen molar-refractivity contribution in [2.75, 3.05) is 20.3 Å². The molecular formula is C22H25NO5S. The van der Waals surface area contributed by atoms with Crippen LogP contribution < -0.4 is 19.9 Å². The van der Waals surface area contributed by atoms with Crippen molar-refractivity contribution in [2.45, 2.75) is 32.3 Å². The summed E-state index contributed by atoms with van der Waals surface area (Å²) < 4.78 is 22.3. The molecule has 0 saturated carbocycles. The van der Waals surface area contributed by atoms with E-state index in [1.807, 2.05) is 24.3 Å². The molecule has 0 bridgehead atoms. The van der Waals surface area contributed by atoms with Gasteiger partial charge < -0.3 is 24.7 Å². The van der Waals surface area contributed by atoms with Crippen LogP contribution >= 0.6 is 12.2 Å². The summed E-state index contributed by atoms with van der Waals surface area (Å²) in [7, 11) is 1.58. The van der Waals surface area contributed by atoms with E-state index in [1.165, 1.54) is 12.5 Å². The summed E-state index contributed by atoms with van der Waals surface area (Å²) in [6.45, 7) is 2.45. The zero-order chi connectivity index (χ0) is 20.8. The van der Waals surface area contributed by atoms with Gasteiger partial charge in [0.15, 0.2) is 11.5 Å². The first-order chi connectivity index (χ1) is 14.0. The highest BCUT2D eigenvalue weighted by atomic mass is 32.1. The van der Waals surface area contributed by atoms with Gasteiger partial charge >= 0.3 is 5.97 Å². The molecule has 29 heavy (non-hydrogen) atoms. The van der Waals surface area contributed by atoms with E-state index in [9.17, 15) is 4.79 Å². The third kappa shape index (κ3) is 5.38. The van der Waals surface area contributed by atoms with Gasteiger partial charge in [-0.2, -0.15) is 0 Å². The first-order valence-electron chi connectivity index (χ1n) is 9.51. The number of carbonyl (C=O) groups is 1. The van der Waals surface area contributed by atoms with E-state index < -0.39 is 0 Å². The number of hydrogen-bond donors (Lipinski definition) is 1. The van der Waals surface area contributed by atoms with Gasteiger partial charge in [-0.15, -0.1) is 0 Å². The second-order valence-electron chi connectivity index (χ2n) is 6.78. The Morgan fingerprint density at radius 1 is 1.14 bits per heavy atom. The molecule has 1 atom stereocenters. The lowest BCUT2D eigenvalue weighted by molar-refractivity contribution is -0.146. The van der Waals surface area contributed by atoms with Gasteiger partial charge in [0, 0.05) is 18.9 Å². The van der Waals surface area contributed by atoms with Crippen molar-refractivity contribution in [3.63, 3.8) is 0 Å². The molecule has 0 amide bonds. The molecule has 0 radical (unpaired) electrons. The zero-order valence-electron chi connectivity index (χ0n) is 16.6. The van der Waals surface area contributed by atoms with Crippen LogP contribution in [-0.2, 0) is 16.0 Å². The Labute approximate surface area is 175 Å². The third-order valence-electron chi connectivity index (χ3n) is 4.71. The number of methoxy groups -OCH3 is 1. The molecule has 0 aromatic heterocycles. The van der Waals surface area contributed by atoms with E-state index in [0.29, 0.717) is 36.1 Å². The van der Waals surface area contributed by atoms with Gasteiger partial charge in [0.2, 0.25) is 0 Å². The molecule has 0 spiro atoms. The fourth-order valence-electron chi connectivity index (χ4n) is 3.34. The SMILES string of the molecule is COc1cc(C(N)=S)ccc1OCCCOc1ccc2c(c1)CC[C@@H]2OC(C)=O. The highest BCUT2D eigenvalue weighted by Crippen LogP contribution is 2.36. The molecule has 2 aromatic rings. The Hall–Kier alpha value is -2.80. The summed E-state index contributed by atoms with van der Waals surface area (Å²) in [5, 5.41) is 0. The Balaban J connectivity index is 1.47. The van der Waals surface area contributed by atoms with Crippen LogP contribution in [0.1, 0.15) is 42.6 Å². The van der Waals surface area contributed by atoms with Crippen molar-refractivity contribution < 1.29 is 23.7 Å². The molecule has 3 rings (SSSR count). The van der Waals surface area contributed by atoms with Crippen LogP contribution in [-0.4, -0.2) is 31.3 Å². The Morgan fingerprint density at radius 3 is 2.66 bits per heavy atom. The lowest BCUT2D eigenvalue weighted by Gasteiger charge is -2.13. The Morgan fingerprint density at radius 2 is 1.93 bits per heavy atom. The van der Waals surface area contributed by atoms with Crippen LogP contribution in [0.2, 0.25) is 0 Å². The molecule has 7 heteroatoms. The van der Waals surface area contributed by atoms with Crippen LogP contribution in [0.25, 0.3) is 0 Å². The summed E-state index contributed by atoms with van der Waals surface area (Å²) in [6.07, 6.45) is 2.28. The van der Waals surface area contributed by atoms with Gasteiger partial charge in [-0.1, -0.05) is 18.3 Å². The fourth-order valence-corrected chi connectivity index (χ4v) is 3.47. The standard InChI is InChI=1S/C22H25NO5S/c1-14(24)28-19-8-4-15-12-17(6-7-18(15)19)26-10-3-11-27-20-9-5-16(22(23)29)13-21(20)25-2/h5-7,9,12-13,19H,3-4,8,10-11H2,1-2H3,(H2,23,29)/t19-/m0/s1. The highest BCUT2D eigenvalue weighted by molar-refractivity contribution is 7.80. The lowest BCUT2D eigenvalue weighted by Crippen LogP contribution is -2.10. The lowest BCUT2D eigenvalue weighted by atomic mass is 10.1. The number of hydrogen-bond acceptors (Lipinski definition) is 6. The number of thiocarbonyl (C=S) groups is 1. The maximum absolute atomic E-state index is 11.2. The van der Waals surface area contributed by atoms with E-state index in [1.54, 1.807) is 19.2 Å². The monoisotopic (exact) mass is 415 g/mol. The minimum atomic E-state index is -0.250. The van der Waals surface area contributed by atoms with Gasteiger partial charge in [0.25, 0.3) is 0 Å². The predicted octanol–water partition coefficient (Wildman–Crippen LogP) is 3.73. The van der Waals surface area contributed by atoms with Crippen LogP contribution in [0, 0.1) is 0 Å². The first-order valence-corrected chi connectivity index (χ1v) is 9.92. The Bertz CT molecular complexity index is 899. The topological polar surface area (TPSA) is 80.0 Å². The van der Waals surface area contributed by atoms with E-state index in [2.05, 4.69) is 0 Å². The second-order valence-corrected chi connectivity index (χ2v) is 7.22. The molecule has 0 unspecified atom stereocenters. The summed E-state index contributed by atoms with van der Waals surface area (Å²) in [5.41, 5.74) is 8.62. The summed E-state index contributed by atoms with van der Waals surface area (Å²) >= 11 is 4.98. The van der Waals surface area contributed by atoms with Crippen molar-refractivity contribution in [3.05, 3.63) is 53.1 Å². The van der Waals surface area contributed by atoms with Crippen LogP contribution in [0.5, 0.6) is 17.2 Å². The maximum Gasteiger partial charge on any atom is 0.303 e. The second kappa shape index (κ2) is 9.60. The zero-order valence-corrected chi connectivity index (χ0v) is 17.4. The van der Waals surface area contributed by atoms with Crippen molar-refractivity contribution in [1.82, 2.24) is 0 Å². The molecular weight excluding hydrogens is 390 g/mol. The number of rotatable bonds is 9. The average molecular weight is 416 g/mol. The largest absolute Gasteiger partial charge is 0.493 e.